The lowest BCUT2D eigenvalue weighted by atomic mass is 9.90. The molecule has 1 aromatic rings. The summed E-state index contributed by atoms with van der Waals surface area (Å²) in [5, 5.41) is 18.5. The van der Waals surface area contributed by atoms with Crippen molar-refractivity contribution in [2.24, 2.45) is 0 Å². The van der Waals surface area contributed by atoms with E-state index in [2.05, 4.69) is 36.1 Å². The molecule has 0 spiro atoms. The van der Waals surface area contributed by atoms with E-state index in [0.29, 0.717) is 19.0 Å². The quantitative estimate of drug-likeness (QED) is 0.863. The number of likely N-dealkylation sites (tertiary alicyclic amines) is 1. The summed E-state index contributed by atoms with van der Waals surface area (Å²) in [6.07, 6.45) is 1.34. The number of hydrogen-bond acceptors (Lipinski definition) is 3. The van der Waals surface area contributed by atoms with E-state index < -0.39 is 5.60 Å². The van der Waals surface area contributed by atoms with Crippen LogP contribution in [-0.2, 0) is 0 Å². The average Bonchev–Trinajstić information content (AvgIpc) is 2.35. The van der Waals surface area contributed by atoms with Crippen LogP contribution in [0.15, 0.2) is 30.3 Å². The molecule has 0 aliphatic carbocycles. The topological polar surface area (TPSA) is 47.3 Å². The third kappa shape index (κ3) is 3.10. The summed E-state index contributed by atoms with van der Waals surface area (Å²) in [6, 6.07) is 12.5. The molecule has 0 radical (unpaired) electrons. The van der Waals surface area contributed by atoms with Crippen LogP contribution >= 0.6 is 0 Å². The Hall–Kier alpha value is -1.37. The van der Waals surface area contributed by atoms with E-state index in [1.165, 1.54) is 5.56 Å². The maximum atomic E-state index is 9.90. The molecule has 3 nitrogen and oxygen atoms in total. The van der Waals surface area contributed by atoms with Crippen molar-refractivity contribution < 1.29 is 5.11 Å². The molecule has 96 valence electrons. The lowest BCUT2D eigenvalue weighted by Crippen LogP contribution is -2.61. The molecule has 1 fully saturated rings. The number of aliphatic hydroxyl groups is 1. The van der Waals surface area contributed by atoms with Crippen molar-refractivity contribution in [2.75, 3.05) is 19.6 Å². The van der Waals surface area contributed by atoms with Crippen LogP contribution in [0.3, 0.4) is 0 Å². The second kappa shape index (κ2) is 5.51. The number of β-amino-alcohol motifs (C(OH)–C–C–N with tert-alkyl or cyclic N) is 1. The molecule has 0 aromatic heterocycles. The summed E-state index contributed by atoms with van der Waals surface area (Å²) in [5.74, 6) is 0.538. The van der Waals surface area contributed by atoms with Crippen molar-refractivity contribution in [1.29, 1.82) is 5.26 Å². The Kier molecular flexibility index (Phi) is 4.00. The Morgan fingerprint density at radius 2 is 2.06 bits per heavy atom. The molecule has 1 aliphatic heterocycles. The first kappa shape index (κ1) is 13.1. The average molecular weight is 244 g/mol. The van der Waals surface area contributed by atoms with Gasteiger partial charge in [0.1, 0.15) is 5.60 Å². The Balaban J connectivity index is 1.73. The van der Waals surface area contributed by atoms with Crippen molar-refractivity contribution in [1.82, 2.24) is 4.90 Å². The monoisotopic (exact) mass is 244 g/mol. The van der Waals surface area contributed by atoms with Crippen molar-refractivity contribution in [3.05, 3.63) is 35.9 Å². The summed E-state index contributed by atoms with van der Waals surface area (Å²) in [7, 11) is 0. The summed E-state index contributed by atoms with van der Waals surface area (Å²) in [4.78, 5) is 2.22. The second-order valence-corrected chi connectivity index (χ2v) is 5.37. The molecule has 3 heteroatoms. The van der Waals surface area contributed by atoms with Crippen molar-refractivity contribution in [3.63, 3.8) is 0 Å². The lowest BCUT2D eigenvalue weighted by molar-refractivity contribution is -0.0940. The fourth-order valence-corrected chi connectivity index (χ4v) is 2.53. The molecule has 1 aromatic carbocycles. The van der Waals surface area contributed by atoms with Crippen molar-refractivity contribution in [3.8, 4) is 6.07 Å². The molecular weight excluding hydrogens is 224 g/mol. The fourth-order valence-electron chi connectivity index (χ4n) is 2.53. The van der Waals surface area contributed by atoms with Crippen LogP contribution in [0.2, 0.25) is 0 Å². The minimum Gasteiger partial charge on any atom is -0.386 e. The molecule has 2 rings (SSSR count). The number of nitrogens with zero attached hydrogens (tertiary/aromatic N) is 2. The van der Waals surface area contributed by atoms with E-state index in [1.54, 1.807) is 0 Å². The largest absolute Gasteiger partial charge is 0.386 e. The first-order valence-electron chi connectivity index (χ1n) is 6.50. The number of nitriles is 1. The van der Waals surface area contributed by atoms with E-state index in [0.717, 1.165) is 13.0 Å². The van der Waals surface area contributed by atoms with Crippen LogP contribution in [0.25, 0.3) is 0 Å². The van der Waals surface area contributed by atoms with Crippen molar-refractivity contribution >= 4 is 0 Å². The van der Waals surface area contributed by atoms with Gasteiger partial charge in [-0.2, -0.15) is 5.26 Å². The fraction of sp³-hybridized carbons (Fsp3) is 0.533. The van der Waals surface area contributed by atoms with Gasteiger partial charge in [-0.05, 0) is 24.4 Å². The summed E-state index contributed by atoms with van der Waals surface area (Å²) < 4.78 is 0. The van der Waals surface area contributed by atoms with Crippen LogP contribution < -0.4 is 0 Å². The van der Waals surface area contributed by atoms with E-state index in [-0.39, 0.29) is 6.42 Å². The maximum absolute atomic E-state index is 9.90. The Labute approximate surface area is 109 Å². The van der Waals surface area contributed by atoms with Gasteiger partial charge in [0, 0.05) is 13.1 Å². The standard InChI is InChI=1S/C15H20N2O/c1-13(14-5-3-2-4-6-14)7-10-17-11-15(18,12-17)8-9-16/h2-6,13,18H,7-8,10-12H2,1H3/t13-/m0/s1. The van der Waals surface area contributed by atoms with Crippen LogP contribution in [0.5, 0.6) is 0 Å². The van der Waals surface area contributed by atoms with Gasteiger partial charge in [-0.25, -0.2) is 0 Å². The SMILES string of the molecule is C[C@@H](CCN1CC(O)(CC#N)C1)c1ccccc1. The first-order chi connectivity index (χ1) is 8.63. The van der Waals surface area contributed by atoms with Gasteiger partial charge in [-0.15, -0.1) is 0 Å². The van der Waals surface area contributed by atoms with Gasteiger partial charge in [0.05, 0.1) is 12.5 Å². The third-order valence-electron chi connectivity index (χ3n) is 3.69. The molecular formula is C15H20N2O. The Morgan fingerprint density at radius 1 is 1.39 bits per heavy atom. The summed E-state index contributed by atoms with van der Waals surface area (Å²) >= 11 is 0. The summed E-state index contributed by atoms with van der Waals surface area (Å²) in [6.45, 7) is 4.50. The number of rotatable bonds is 5. The number of benzene rings is 1. The van der Waals surface area contributed by atoms with Crippen LogP contribution in [0.1, 0.15) is 31.2 Å². The van der Waals surface area contributed by atoms with Crippen LogP contribution in [-0.4, -0.2) is 35.2 Å². The van der Waals surface area contributed by atoms with Gasteiger partial charge >= 0.3 is 0 Å². The molecule has 0 saturated carbocycles. The van der Waals surface area contributed by atoms with E-state index >= 15 is 0 Å². The van der Waals surface area contributed by atoms with Gasteiger partial charge < -0.3 is 5.11 Å². The Bertz CT molecular complexity index is 418. The molecule has 1 saturated heterocycles. The Morgan fingerprint density at radius 3 is 2.67 bits per heavy atom. The maximum Gasteiger partial charge on any atom is 0.103 e. The zero-order valence-corrected chi connectivity index (χ0v) is 10.8. The van der Waals surface area contributed by atoms with Crippen LogP contribution in [0, 0.1) is 11.3 Å². The zero-order valence-electron chi connectivity index (χ0n) is 10.8. The highest BCUT2D eigenvalue weighted by Crippen LogP contribution is 2.26. The third-order valence-corrected chi connectivity index (χ3v) is 3.69. The second-order valence-electron chi connectivity index (χ2n) is 5.37. The zero-order chi connectivity index (χ0) is 13.0. The predicted molar refractivity (Wildman–Crippen MR) is 71.1 cm³/mol. The molecule has 18 heavy (non-hydrogen) atoms. The van der Waals surface area contributed by atoms with Gasteiger partial charge in [-0.1, -0.05) is 37.3 Å². The van der Waals surface area contributed by atoms with E-state index in [1.807, 2.05) is 12.1 Å². The van der Waals surface area contributed by atoms with Gasteiger partial charge in [-0.3, -0.25) is 4.90 Å². The normalized spacial score (nSPS) is 19.8. The van der Waals surface area contributed by atoms with Gasteiger partial charge in [0.15, 0.2) is 0 Å². The molecule has 0 amide bonds. The minimum atomic E-state index is -0.745. The summed E-state index contributed by atoms with van der Waals surface area (Å²) in [5.41, 5.74) is 0.621. The first-order valence-corrected chi connectivity index (χ1v) is 6.50. The molecule has 1 heterocycles. The molecule has 1 atom stereocenters. The molecule has 1 aliphatic rings. The molecule has 1 N–H and O–H groups in total. The van der Waals surface area contributed by atoms with Crippen molar-refractivity contribution in [2.45, 2.75) is 31.3 Å². The minimum absolute atomic E-state index is 0.248. The highest BCUT2D eigenvalue weighted by Gasteiger charge is 2.40. The van der Waals surface area contributed by atoms with Gasteiger partial charge in [0.25, 0.3) is 0 Å². The predicted octanol–water partition coefficient (Wildman–Crippen LogP) is 2.14. The van der Waals surface area contributed by atoms with E-state index in [4.69, 9.17) is 5.26 Å². The smallest absolute Gasteiger partial charge is 0.103 e. The van der Waals surface area contributed by atoms with E-state index in [9.17, 15) is 5.11 Å². The van der Waals surface area contributed by atoms with Crippen LogP contribution in [0.4, 0.5) is 0 Å². The highest BCUT2D eigenvalue weighted by molar-refractivity contribution is 5.18. The van der Waals surface area contributed by atoms with Gasteiger partial charge in [0.2, 0.25) is 0 Å². The molecule has 0 unspecified atom stereocenters. The highest BCUT2D eigenvalue weighted by atomic mass is 16.3. The number of hydrogen-bond donors (Lipinski definition) is 1. The molecule has 0 bridgehead atoms. The lowest BCUT2D eigenvalue weighted by Gasteiger charge is -2.45.